The fourth-order valence-electron chi connectivity index (χ4n) is 2.97. The first kappa shape index (κ1) is 22.5. The Morgan fingerprint density at radius 3 is 2.73 bits per heavy atom. The molecule has 1 aliphatic heterocycles. The minimum absolute atomic E-state index is 0.143. The Hall–Kier alpha value is -2.17. The van der Waals surface area contributed by atoms with Crippen molar-refractivity contribution >= 4 is 34.7 Å². The number of nitrogens with zero attached hydrogens (tertiary/aromatic N) is 2. The van der Waals surface area contributed by atoms with Crippen molar-refractivity contribution in [2.45, 2.75) is 13.5 Å². The Kier molecular flexibility index (Phi) is 8.91. The molecule has 0 aliphatic carbocycles. The van der Waals surface area contributed by atoms with Gasteiger partial charge in [0.05, 0.1) is 36.2 Å². The number of carbonyl (C=O) groups is 1. The first-order valence-corrected chi connectivity index (χ1v) is 11.0. The number of benzene rings is 2. The molecule has 1 amide bonds. The van der Waals surface area contributed by atoms with Crippen molar-refractivity contribution in [1.29, 1.82) is 0 Å². The van der Waals surface area contributed by atoms with E-state index in [-0.39, 0.29) is 5.91 Å². The molecule has 30 heavy (non-hydrogen) atoms. The molecule has 1 fully saturated rings. The maximum absolute atomic E-state index is 12.1. The third kappa shape index (κ3) is 6.96. The van der Waals surface area contributed by atoms with Gasteiger partial charge in [-0.3, -0.25) is 9.69 Å². The van der Waals surface area contributed by atoms with Gasteiger partial charge in [-0.25, -0.2) is 5.43 Å². The van der Waals surface area contributed by atoms with Crippen LogP contribution in [0.5, 0.6) is 11.5 Å². The molecule has 1 aliphatic rings. The van der Waals surface area contributed by atoms with Crippen LogP contribution in [0.15, 0.2) is 47.6 Å². The minimum Gasteiger partial charge on any atom is -0.490 e. The lowest BCUT2D eigenvalue weighted by Gasteiger charge is -2.25. The average Bonchev–Trinajstić information content (AvgIpc) is 2.75. The average molecular weight is 523 g/mol. The van der Waals surface area contributed by atoms with Gasteiger partial charge in [0.15, 0.2) is 11.5 Å². The van der Waals surface area contributed by atoms with Gasteiger partial charge in [0.1, 0.15) is 6.61 Å². The van der Waals surface area contributed by atoms with Crippen LogP contribution >= 0.6 is 22.6 Å². The van der Waals surface area contributed by atoms with Crippen molar-refractivity contribution in [3.05, 3.63) is 57.2 Å². The third-order valence-electron chi connectivity index (χ3n) is 4.43. The van der Waals surface area contributed by atoms with Crippen LogP contribution in [0.1, 0.15) is 18.1 Å². The van der Waals surface area contributed by atoms with E-state index in [1.54, 1.807) is 6.21 Å². The zero-order valence-electron chi connectivity index (χ0n) is 17.0. The second-order valence-corrected chi connectivity index (χ2v) is 7.88. The summed E-state index contributed by atoms with van der Waals surface area (Å²) in [6.45, 7) is 6.07. The van der Waals surface area contributed by atoms with Crippen LogP contribution in [0.4, 0.5) is 0 Å². The molecule has 2 aromatic carbocycles. The molecule has 2 aromatic rings. The van der Waals surface area contributed by atoms with Crippen molar-refractivity contribution in [1.82, 2.24) is 10.3 Å². The number of halogens is 1. The Morgan fingerprint density at radius 1 is 1.23 bits per heavy atom. The van der Waals surface area contributed by atoms with Gasteiger partial charge in [-0.2, -0.15) is 5.10 Å². The standard InChI is InChI=1S/C22H26IN3O4/c1-2-29-20-13-18(14-24-25-21(27)15-26-8-10-28-11-9-26)12-19(23)22(20)30-16-17-6-4-3-5-7-17/h3-7,12-14H,2,8-11,15-16H2,1H3,(H,25,27)/b24-14-. The van der Waals surface area contributed by atoms with Gasteiger partial charge in [-0.05, 0) is 52.8 Å². The van der Waals surface area contributed by atoms with Gasteiger partial charge in [0.25, 0.3) is 5.91 Å². The van der Waals surface area contributed by atoms with E-state index in [1.165, 1.54) is 0 Å². The molecule has 7 nitrogen and oxygen atoms in total. The van der Waals surface area contributed by atoms with Crippen LogP contribution in [0.2, 0.25) is 0 Å². The SMILES string of the molecule is CCOc1cc(/C=N\NC(=O)CN2CCOCC2)cc(I)c1OCc1ccccc1. The zero-order valence-corrected chi connectivity index (χ0v) is 19.1. The van der Waals surface area contributed by atoms with E-state index >= 15 is 0 Å². The summed E-state index contributed by atoms with van der Waals surface area (Å²) < 4.78 is 18.0. The Bertz CT molecular complexity index is 855. The number of hydrogen-bond donors (Lipinski definition) is 1. The summed E-state index contributed by atoms with van der Waals surface area (Å²) in [5.41, 5.74) is 4.49. The van der Waals surface area contributed by atoms with Gasteiger partial charge < -0.3 is 14.2 Å². The Labute approximate surface area is 190 Å². The molecule has 8 heteroatoms. The lowest BCUT2D eigenvalue weighted by molar-refractivity contribution is -0.123. The van der Waals surface area contributed by atoms with E-state index in [0.29, 0.717) is 44.5 Å². The van der Waals surface area contributed by atoms with Crippen LogP contribution in [0.3, 0.4) is 0 Å². The molecule has 3 rings (SSSR count). The summed E-state index contributed by atoms with van der Waals surface area (Å²) in [6, 6.07) is 13.8. The van der Waals surface area contributed by atoms with Crippen molar-refractivity contribution in [3.63, 3.8) is 0 Å². The molecule has 0 atom stereocenters. The fourth-order valence-corrected chi connectivity index (χ4v) is 3.75. The first-order valence-electron chi connectivity index (χ1n) is 9.90. The van der Waals surface area contributed by atoms with E-state index in [2.05, 4.69) is 33.1 Å². The number of carbonyl (C=O) groups excluding carboxylic acids is 1. The van der Waals surface area contributed by atoms with Crippen LogP contribution in [0, 0.1) is 3.57 Å². The van der Waals surface area contributed by atoms with Gasteiger partial charge in [-0.1, -0.05) is 30.3 Å². The van der Waals surface area contributed by atoms with Crippen molar-refractivity contribution in [2.75, 3.05) is 39.5 Å². The zero-order chi connectivity index (χ0) is 21.2. The molecular formula is C22H26IN3O4. The maximum atomic E-state index is 12.1. The molecule has 0 aromatic heterocycles. The largest absolute Gasteiger partial charge is 0.490 e. The van der Waals surface area contributed by atoms with Gasteiger partial charge in [-0.15, -0.1) is 0 Å². The molecule has 1 saturated heterocycles. The number of morpholine rings is 1. The van der Waals surface area contributed by atoms with E-state index in [0.717, 1.165) is 27.8 Å². The van der Waals surface area contributed by atoms with Gasteiger partial charge >= 0.3 is 0 Å². The van der Waals surface area contributed by atoms with Gasteiger partial charge in [0, 0.05) is 13.1 Å². The number of ether oxygens (including phenoxy) is 3. The van der Waals surface area contributed by atoms with E-state index in [4.69, 9.17) is 14.2 Å². The van der Waals surface area contributed by atoms with E-state index in [9.17, 15) is 4.79 Å². The highest BCUT2D eigenvalue weighted by Crippen LogP contribution is 2.34. The van der Waals surface area contributed by atoms with Crippen LogP contribution in [-0.4, -0.2) is 56.5 Å². The molecule has 160 valence electrons. The number of hydrogen-bond acceptors (Lipinski definition) is 6. The van der Waals surface area contributed by atoms with Crippen molar-refractivity contribution in [3.8, 4) is 11.5 Å². The lowest BCUT2D eigenvalue weighted by Crippen LogP contribution is -2.42. The van der Waals surface area contributed by atoms with Crippen LogP contribution in [-0.2, 0) is 16.1 Å². The highest BCUT2D eigenvalue weighted by atomic mass is 127. The van der Waals surface area contributed by atoms with E-state index < -0.39 is 0 Å². The van der Waals surface area contributed by atoms with E-state index in [1.807, 2.05) is 54.3 Å². The smallest absolute Gasteiger partial charge is 0.254 e. The summed E-state index contributed by atoms with van der Waals surface area (Å²) in [7, 11) is 0. The van der Waals surface area contributed by atoms with Crippen LogP contribution < -0.4 is 14.9 Å². The molecule has 0 spiro atoms. The number of hydrazone groups is 1. The highest BCUT2D eigenvalue weighted by molar-refractivity contribution is 14.1. The summed E-state index contributed by atoms with van der Waals surface area (Å²) >= 11 is 2.22. The number of amides is 1. The van der Waals surface area contributed by atoms with Crippen LogP contribution in [0.25, 0.3) is 0 Å². The molecular weight excluding hydrogens is 497 g/mol. The Morgan fingerprint density at radius 2 is 2.00 bits per heavy atom. The molecule has 0 bridgehead atoms. The predicted molar refractivity (Wildman–Crippen MR) is 124 cm³/mol. The molecule has 1 heterocycles. The normalized spacial score (nSPS) is 14.6. The molecule has 0 unspecified atom stereocenters. The molecule has 0 saturated carbocycles. The molecule has 0 radical (unpaired) electrons. The summed E-state index contributed by atoms with van der Waals surface area (Å²) in [4.78, 5) is 14.1. The lowest BCUT2D eigenvalue weighted by atomic mass is 10.2. The summed E-state index contributed by atoms with van der Waals surface area (Å²) in [5.74, 6) is 1.21. The highest BCUT2D eigenvalue weighted by Gasteiger charge is 2.14. The number of rotatable bonds is 9. The Balaban J connectivity index is 1.61. The van der Waals surface area contributed by atoms with Crippen molar-refractivity contribution in [2.24, 2.45) is 5.10 Å². The second-order valence-electron chi connectivity index (χ2n) is 6.72. The summed E-state index contributed by atoms with van der Waals surface area (Å²) in [6.07, 6.45) is 1.61. The quantitative estimate of drug-likeness (QED) is 0.311. The fraction of sp³-hybridized carbons (Fsp3) is 0.364. The predicted octanol–water partition coefficient (Wildman–Crippen LogP) is 3.05. The monoisotopic (exact) mass is 523 g/mol. The van der Waals surface area contributed by atoms with Gasteiger partial charge in [0.2, 0.25) is 0 Å². The summed E-state index contributed by atoms with van der Waals surface area (Å²) in [5, 5.41) is 4.09. The second kappa shape index (κ2) is 11.9. The minimum atomic E-state index is -0.143. The first-order chi connectivity index (χ1) is 14.7. The number of nitrogens with one attached hydrogen (secondary N) is 1. The van der Waals surface area contributed by atoms with Crippen molar-refractivity contribution < 1.29 is 19.0 Å². The molecule has 1 N–H and O–H groups in total. The third-order valence-corrected chi connectivity index (χ3v) is 5.23. The topological polar surface area (TPSA) is 72.4 Å². The maximum Gasteiger partial charge on any atom is 0.254 e.